The summed E-state index contributed by atoms with van der Waals surface area (Å²) >= 11 is 3.06. The van der Waals surface area contributed by atoms with E-state index in [2.05, 4.69) is 20.7 Å². The largest absolute Gasteiger partial charge is 0.398 e. The number of hydrogen-bond donors (Lipinski definition) is 2. The molecule has 1 fully saturated rings. The number of hydrogen-bond acceptors (Lipinski definition) is 3. The summed E-state index contributed by atoms with van der Waals surface area (Å²) in [4.78, 5) is -0.396. The molecule has 2 unspecified atom stereocenters. The molecular weight excluding hydrogens is 335 g/mol. The van der Waals surface area contributed by atoms with E-state index < -0.39 is 20.7 Å². The van der Waals surface area contributed by atoms with Crippen molar-refractivity contribution in [3.63, 3.8) is 0 Å². The predicted molar refractivity (Wildman–Crippen MR) is 75.6 cm³/mol. The minimum Gasteiger partial charge on any atom is -0.398 e. The van der Waals surface area contributed by atoms with Crippen LogP contribution in [0.4, 0.5) is 10.1 Å². The van der Waals surface area contributed by atoms with Gasteiger partial charge in [-0.15, -0.1) is 0 Å². The molecule has 4 nitrogen and oxygen atoms in total. The summed E-state index contributed by atoms with van der Waals surface area (Å²) in [5.74, 6) is -0.537. The first-order valence-electron chi connectivity index (χ1n) is 6.08. The second-order valence-corrected chi connectivity index (χ2v) is 7.48. The Balaban J connectivity index is 2.32. The predicted octanol–water partition coefficient (Wildman–Crippen LogP) is 2.64. The van der Waals surface area contributed by atoms with Crippen molar-refractivity contribution in [1.29, 1.82) is 0 Å². The Morgan fingerprint density at radius 3 is 2.68 bits per heavy atom. The van der Waals surface area contributed by atoms with Crippen LogP contribution in [0, 0.1) is 11.7 Å². The summed E-state index contributed by atoms with van der Waals surface area (Å²) in [6.45, 7) is 1.99. The van der Waals surface area contributed by atoms with Crippen LogP contribution in [0.1, 0.15) is 26.2 Å². The molecule has 0 heterocycles. The van der Waals surface area contributed by atoms with Gasteiger partial charge < -0.3 is 5.73 Å². The van der Waals surface area contributed by atoms with Crippen molar-refractivity contribution >= 4 is 31.6 Å². The second kappa shape index (κ2) is 5.38. The molecule has 1 aliphatic carbocycles. The van der Waals surface area contributed by atoms with Gasteiger partial charge in [-0.05, 0) is 46.8 Å². The molecule has 1 saturated carbocycles. The molecule has 7 heteroatoms. The standard InChI is InChI=1S/C12H16BrFN2O2S/c1-7-3-2-4-11(7)16-19(17,18)12-6-10(15)8(13)5-9(12)14/h5-7,11,16H,2-4,15H2,1H3. The van der Waals surface area contributed by atoms with E-state index in [1.807, 2.05) is 6.92 Å². The van der Waals surface area contributed by atoms with Crippen LogP contribution in [-0.2, 0) is 10.0 Å². The fourth-order valence-electron chi connectivity index (χ4n) is 2.33. The molecule has 1 aromatic carbocycles. The monoisotopic (exact) mass is 350 g/mol. The van der Waals surface area contributed by atoms with E-state index in [0.717, 1.165) is 31.4 Å². The molecule has 0 aromatic heterocycles. The summed E-state index contributed by atoms with van der Waals surface area (Å²) in [5.41, 5.74) is 5.81. The van der Waals surface area contributed by atoms with Crippen LogP contribution in [0.15, 0.2) is 21.5 Å². The molecule has 0 spiro atoms. The number of nitrogens with one attached hydrogen (secondary N) is 1. The second-order valence-electron chi connectivity index (χ2n) is 4.94. The Bertz CT molecular complexity index is 592. The van der Waals surface area contributed by atoms with Gasteiger partial charge in [0.15, 0.2) is 0 Å². The van der Waals surface area contributed by atoms with E-state index in [1.54, 1.807) is 0 Å². The van der Waals surface area contributed by atoms with Gasteiger partial charge in [0.05, 0.1) is 0 Å². The van der Waals surface area contributed by atoms with Crippen LogP contribution in [-0.4, -0.2) is 14.5 Å². The van der Waals surface area contributed by atoms with Gasteiger partial charge in [0.25, 0.3) is 0 Å². The Labute approximate surface area is 120 Å². The van der Waals surface area contributed by atoms with E-state index in [1.165, 1.54) is 0 Å². The van der Waals surface area contributed by atoms with E-state index in [4.69, 9.17) is 5.73 Å². The summed E-state index contributed by atoms with van der Waals surface area (Å²) < 4.78 is 41.1. The number of anilines is 1. The van der Waals surface area contributed by atoms with E-state index in [0.29, 0.717) is 4.47 Å². The molecule has 0 saturated heterocycles. The zero-order valence-corrected chi connectivity index (χ0v) is 12.9. The van der Waals surface area contributed by atoms with Gasteiger partial charge in [-0.2, -0.15) is 0 Å². The lowest BCUT2D eigenvalue weighted by Crippen LogP contribution is -2.36. The third-order valence-corrected chi connectivity index (χ3v) is 5.70. The number of nitrogen functional groups attached to an aromatic ring is 1. The fourth-order valence-corrected chi connectivity index (χ4v) is 4.12. The highest BCUT2D eigenvalue weighted by Crippen LogP contribution is 2.29. The van der Waals surface area contributed by atoms with Crippen LogP contribution >= 0.6 is 15.9 Å². The maximum Gasteiger partial charge on any atom is 0.243 e. The lowest BCUT2D eigenvalue weighted by molar-refractivity contribution is 0.473. The van der Waals surface area contributed by atoms with Gasteiger partial charge in [-0.25, -0.2) is 17.5 Å². The first kappa shape index (κ1) is 14.7. The Morgan fingerprint density at radius 1 is 1.42 bits per heavy atom. The van der Waals surface area contributed by atoms with Gasteiger partial charge in [-0.1, -0.05) is 13.3 Å². The van der Waals surface area contributed by atoms with Gasteiger partial charge in [0.1, 0.15) is 10.7 Å². The van der Waals surface area contributed by atoms with Crippen LogP contribution in [0.2, 0.25) is 0 Å². The normalized spacial score (nSPS) is 23.7. The van der Waals surface area contributed by atoms with Crippen LogP contribution in [0.25, 0.3) is 0 Å². The third-order valence-electron chi connectivity index (χ3n) is 3.51. The minimum absolute atomic E-state index is 0.130. The Kier molecular flexibility index (Phi) is 4.17. The highest BCUT2D eigenvalue weighted by atomic mass is 79.9. The number of halogens is 2. The zero-order valence-electron chi connectivity index (χ0n) is 10.5. The van der Waals surface area contributed by atoms with Crippen molar-refractivity contribution in [2.45, 2.75) is 37.1 Å². The number of benzene rings is 1. The summed E-state index contributed by atoms with van der Waals surface area (Å²) in [6, 6.07) is 2.08. The lowest BCUT2D eigenvalue weighted by Gasteiger charge is -2.18. The quantitative estimate of drug-likeness (QED) is 0.823. The molecule has 0 aliphatic heterocycles. The third kappa shape index (κ3) is 3.09. The van der Waals surface area contributed by atoms with E-state index in [9.17, 15) is 12.8 Å². The molecule has 106 valence electrons. The van der Waals surface area contributed by atoms with E-state index >= 15 is 0 Å². The molecule has 3 N–H and O–H groups in total. The molecule has 1 aromatic rings. The highest BCUT2D eigenvalue weighted by Gasteiger charge is 2.30. The lowest BCUT2D eigenvalue weighted by atomic mass is 10.1. The van der Waals surface area contributed by atoms with Crippen molar-refractivity contribution in [3.05, 3.63) is 22.4 Å². The Hall–Kier alpha value is -0.660. The molecule has 0 radical (unpaired) electrons. The fraction of sp³-hybridized carbons (Fsp3) is 0.500. The molecule has 19 heavy (non-hydrogen) atoms. The number of nitrogens with two attached hydrogens (primary N) is 1. The number of sulfonamides is 1. The van der Waals surface area contributed by atoms with Gasteiger partial charge in [0.2, 0.25) is 10.0 Å². The van der Waals surface area contributed by atoms with Crippen molar-refractivity contribution in [3.8, 4) is 0 Å². The summed E-state index contributed by atoms with van der Waals surface area (Å²) in [7, 11) is -3.87. The first-order chi connectivity index (χ1) is 8.81. The van der Waals surface area contributed by atoms with Crippen molar-refractivity contribution in [2.75, 3.05) is 5.73 Å². The van der Waals surface area contributed by atoms with Gasteiger partial charge >= 0.3 is 0 Å². The minimum atomic E-state index is -3.87. The van der Waals surface area contributed by atoms with Crippen LogP contribution in [0.5, 0.6) is 0 Å². The summed E-state index contributed by atoms with van der Waals surface area (Å²) in [5, 5.41) is 0. The van der Waals surface area contributed by atoms with Crippen molar-refractivity contribution in [1.82, 2.24) is 4.72 Å². The average Bonchev–Trinajstić information content (AvgIpc) is 2.69. The molecule has 2 atom stereocenters. The first-order valence-corrected chi connectivity index (χ1v) is 8.35. The molecule has 0 bridgehead atoms. The van der Waals surface area contributed by atoms with Crippen LogP contribution < -0.4 is 10.5 Å². The number of rotatable bonds is 3. The van der Waals surface area contributed by atoms with Gasteiger partial charge in [0, 0.05) is 16.2 Å². The average molecular weight is 351 g/mol. The molecule has 2 rings (SSSR count). The van der Waals surface area contributed by atoms with E-state index in [-0.39, 0.29) is 17.6 Å². The molecule has 0 amide bonds. The highest BCUT2D eigenvalue weighted by molar-refractivity contribution is 9.10. The van der Waals surface area contributed by atoms with Crippen molar-refractivity contribution < 1.29 is 12.8 Å². The topological polar surface area (TPSA) is 72.2 Å². The SMILES string of the molecule is CC1CCCC1NS(=O)(=O)c1cc(N)c(Br)cc1F. The smallest absolute Gasteiger partial charge is 0.243 e. The molecule has 1 aliphatic rings. The maximum atomic E-state index is 13.8. The Morgan fingerprint density at radius 2 is 2.11 bits per heavy atom. The van der Waals surface area contributed by atoms with Gasteiger partial charge in [-0.3, -0.25) is 0 Å². The molecular formula is C12H16BrFN2O2S. The summed E-state index contributed by atoms with van der Waals surface area (Å²) in [6.07, 6.45) is 2.76. The zero-order chi connectivity index (χ0) is 14.2. The van der Waals surface area contributed by atoms with Crippen LogP contribution in [0.3, 0.4) is 0 Å². The maximum absolute atomic E-state index is 13.8. The van der Waals surface area contributed by atoms with Crippen molar-refractivity contribution in [2.24, 2.45) is 5.92 Å².